The van der Waals surface area contributed by atoms with Gasteiger partial charge in [-0.15, -0.1) is 0 Å². The summed E-state index contributed by atoms with van der Waals surface area (Å²) in [6.07, 6.45) is 1.57. The summed E-state index contributed by atoms with van der Waals surface area (Å²) in [5.41, 5.74) is 4.50. The quantitative estimate of drug-likeness (QED) is 0.648. The fourth-order valence-electron chi connectivity index (χ4n) is 3.65. The Labute approximate surface area is 163 Å². The van der Waals surface area contributed by atoms with E-state index in [0.29, 0.717) is 19.8 Å². The van der Waals surface area contributed by atoms with Gasteiger partial charge in [0.25, 0.3) is 0 Å². The van der Waals surface area contributed by atoms with Crippen molar-refractivity contribution in [2.75, 3.05) is 18.1 Å². The van der Waals surface area contributed by atoms with E-state index in [1.165, 1.54) is 11.1 Å². The van der Waals surface area contributed by atoms with Crippen LogP contribution in [0.3, 0.4) is 0 Å². The van der Waals surface area contributed by atoms with E-state index in [1.54, 1.807) is 11.3 Å². The number of benzene rings is 2. The van der Waals surface area contributed by atoms with Crippen LogP contribution in [-0.4, -0.2) is 24.1 Å². The van der Waals surface area contributed by atoms with Crippen LogP contribution in [-0.2, 0) is 16.1 Å². The summed E-state index contributed by atoms with van der Waals surface area (Å²) >= 11 is 1.62. The largest absolute Gasteiger partial charge is 0.381 e. The van der Waals surface area contributed by atoms with Crippen LogP contribution in [0.15, 0.2) is 42.5 Å². The highest BCUT2D eigenvalue weighted by Crippen LogP contribution is 2.34. The molecule has 1 fully saturated rings. The maximum Gasteiger partial charge on any atom is 0.232 e. The molecule has 5 heteroatoms. The average molecular weight is 381 g/mol. The summed E-state index contributed by atoms with van der Waals surface area (Å²) in [4.78, 5) is 20.1. The molecule has 0 aliphatic carbocycles. The highest BCUT2D eigenvalue weighted by molar-refractivity contribution is 7.22. The lowest BCUT2D eigenvalue weighted by Crippen LogP contribution is -2.38. The minimum atomic E-state index is 0.0114. The van der Waals surface area contributed by atoms with E-state index in [2.05, 4.69) is 38.1 Å². The molecule has 1 aromatic heterocycles. The second-order valence-corrected chi connectivity index (χ2v) is 8.20. The van der Waals surface area contributed by atoms with Gasteiger partial charge in [0.2, 0.25) is 5.91 Å². The number of anilines is 1. The van der Waals surface area contributed by atoms with Crippen molar-refractivity contribution in [3.8, 4) is 0 Å². The molecule has 3 aromatic rings. The number of ether oxygens (including phenoxy) is 1. The van der Waals surface area contributed by atoms with Crippen molar-refractivity contribution in [3.63, 3.8) is 0 Å². The second kappa shape index (κ2) is 7.79. The van der Waals surface area contributed by atoms with E-state index in [0.717, 1.165) is 33.8 Å². The third-order valence-corrected chi connectivity index (χ3v) is 6.29. The number of aromatic nitrogens is 1. The number of amides is 1. The van der Waals surface area contributed by atoms with Gasteiger partial charge in [-0.25, -0.2) is 4.98 Å². The molecule has 140 valence electrons. The number of carbonyl (C=O) groups is 1. The number of hydrogen-bond acceptors (Lipinski definition) is 4. The predicted molar refractivity (Wildman–Crippen MR) is 110 cm³/mol. The molecule has 1 aliphatic rings. The van der Waals surface area contributed by atoms with E-state index in [4.69, 9.17) is 9.72 Å². The van der Waals surface area contributed by atoms with Gasteiger partial charge >= 0.3 is 0 Å². The van der Waals surface area contributed by atoms with Crippen molar-refractivity contribution in [1.82, 2.24) is 4.98 Å². The Morgan fingerprint density at radius 2 is 1.93 bits per heavy atom. The Hall–Kier alpha value is -2.24. The van der Waals surface area contributed by atoms with Crippen LogP contribution in [0.4, 0.5) is 5.13 Å². The molecule has 2 heterocycles. The highest BCUT2D eigenvalue weighted by Gasteiger charge is 2.29. The Balaban J connectivity index is 1.72. The second-order valence-electron chi connectivity index (χ2n) is 7.22. The number of aryl methyl sites for hydroxylation is 2. The third kappa shape index (κ3) is 3.89. The molecule has 0 radical (unpaired) electrons. The average Bonchev–Trinajstić information content (AvgIpc) is 3.11. The van der Waals surface area contributed by atoms with Crippen molar-refractivity contribution in [2.45, 2.75) is 33.2 Å². The zero-order valence-corrected chi connectivity index (χ0v) is 16.6. The van der Waals surface area contributed by atoms with Crippen LogP contribution in [0.5, 0.6) is 0 Å². The van der Waals surface area contributed by atoms with Crippen molar-refractivity contribution in [2.24, 2.45) is 5.92 Å². The Bertz CT molecular complexity index is 946. The van der Waals surface area contributed by atoms with E-state index < -0.39 is 0 Å². The molecular formula is C22H24N2O2S. The normalized spacial score (nSPS) is 15.2. The first-order valence-corrected chi connectivity index (χ1v) is 10.2. The molecule has 0 spiro atoms. The smallest absolute Gasteiger partial charge is 0.232 e. The lowest BCUT2D eigenvalue weighted by molar-refractivity contribution is -0.125. The molecule has 1 amide bonds. The summed E-state index contributed by atoms with van der Waals surface area (Å²) in [5.74, 6) is 0.174. The Morgan fingerprint density at radius 3 is 2.67 bits per heavy atom. The molecule has 27 heavy (non-hydrogen) atoms. The van der Waals surface area contributed by atoms with Crippen LogP contribution < -0.4 is 4.90 Å². The number of hydrogen-bond donors (Lipinski definition) is 0. The van der Waals surface area contributed by atoms with Gasteiger partial charge in [-0.2, -0.15) is 0 Å². The lowest BCUT2D eigenvalue weighted by atomic mass is 9.98. The van der Waals surface area contributed by atoms with Crippen molar-refractivity contribution in [3.05, 3.63) is 59.2 Å². The van der Waals surface area contributed by atoms with Crippen LogP contribution in [0, 0.1) is 19.8 Å². The summed E-state index contributed by atoms with van der Waals surface area (Å²) in [6.45, 7) is 6.07. The predicted octanol–water partition coefficient (Wildman–Crippen LogP) is 4.87. The minimum absolute atomic E-state index is 0.0114. The summed E-state index contributed by atoms with van der Waals surface area (Å²) in [5, 5.41) is 0.791. The fourth-order valence-corrected chi connectivity index (χ4v) is 4.67. The lowest BCUT2D eigenvalue weighted by Gasteiger charge is -2.27. The fraction of sp³-hybridized carbons (Fsp3) is 0.364. The van der Waals surface area contributed by atoms with Crippen LogP contribution in [0.25, 0.3) is 10.2 Å². The van der Waals surface area contributed by atoms with Crippen molar-refractivity contribution >= 4 is 32.6 Å². The third-order valence-electron chi connectivity index (χ3n) is 5.06. The van der Waals surface area contributed by atoms with Gasteiger partial charge in [0.05, 0.1) is 16.8 Å². The summed E-state index contributed by atoms with van der Waals surface area (Å²) in [7, 11) is 0. The van der Waals surface area contributed by atoms with Gasteiger partial charge in [-0.3, -0.25) is 9.69 Å². The molecule has 0 atom stereocenters. The SMILES string of the molecule is Cc1cc(C)c2sc(N(Cc3ccccc3)C(=O)C3CCOCC3)nc2c1. The van der Waals surface area contributed by atoms with Crippen LogP contribution in [0.2, 0.25) is 0 Å². The molecule has 0 N–H and O–H groups in total. The van der Waals surface area contributed by atoms with Crippen molar-refractivity contribution < 1.29 is 9.53 Å². The molecule has 1 aliphatic heterocycles. The molecule has 2 aromatic carbocycles. The van der Waals surface area contributed by atoms with Gasteiger partial charge in [-0.05, 0) is 49.4 Å². The van der Waals surface area contributed by atoms with Crippen molar-refractivity contribution in [1.29, 1.82) is 0 Å². The van der Waals surface area contributed by atoms with Gasteiger partial charge in [0.15, 0.2) is 5.13 Å². The van der Waals surface area contributed by atoms with E-state index >= 15 is 0 Å². The van der Waals surface area contributed by atoms with Gasteiger partial charge < -0.3 is 4.74 Å². The number of fused-ring (bicyclic) bond motifs is 1. The van der Waals surface area contributed by atoms with Gasteiger partial charge in [-0.1, -0.05) is 47.7 Å². The minimum Gasteiger partial charge on any atom is -0.381 e. The zero-order valence-electron chi connectivity index (χ0n) is 15.8. The van der Waals surface area contributed by atoms with E-state index in [9.17, 15) is 4.79 Å². The first kappa shape index (κ1) is 18.1. The zero-order chi connectivity index (χ0) is 18.8. The molecule has 4 rings (SSSR count). The number of carbonyl (C=O) groups excluding carboxylic acids is 1. The molecule has 0 unspecified atom stereocenters. The first-order valence-electron chi connectivity index (χ1n) is 9.42. The summed E-state index contributed by atoms with van der Waals surface area (Å²) < 4.78 is 6.61. The maximum absolute atomic E-state index is 13.4. The maximum atomic E-state index is 13.4. The van der Waals surface area contributed by atoms with Crippen LogP contribution in [0.1, 0.15) is 29.5 Å². The molecule has 0 saturated carbocycles. The molecule has 0 bridgehead atoms. The van der Waals surface area contributed by atoms with Gasteiger partial charge in [0.1, 0.15) is 0 Å². The molecular weight excluding hydrogens is 356 g/mol. The van der Waals surface area contributed by atoms with Crippen LogP contribution >= 0.6 is 11.3 Å². The number of rotatable bonds is 4. The Kier molecular flexibility index (Phi) is 5.23. The van der Waals surface area contributed by atoms with E-state index in [-0.39, 0.29) is 11.8 Å². The number of nitrogens with zero attached hydrogens (tertiary/aromatic N) is 2. The summed E-state index contributed by atoms with van der Waals surface area (Å²) in [6, 6.07) is 14.4. The van der Waals surface area contributed by atoms with E-state index in [1.807, 2.05) is 23.1 Å². The molecule has 4 nitrogen and oxygen atoms in total. The molecule has 1 saturated heterocycles. The Morgan fingerprint density at radius 1 is 1.19 bits per heavy atom. The first-order chi connectivity index (χ1) is 13.1. The van der Waals surface area contributed by atoms with Gasteiger partial charge in [0, 0.05) is 19.1 Å². The standard InChI is InChI=1S/C22H24N2O2S/c1-15-12-16(2)20-19(13-15)23-22(27-20)24(14-17-6-4-3-5-7-17)21(25)18-8-10-26-11-9-18/h3-7,12-13,18H,8-11,14H2,1-2H3. The monoisotopic (exact) mass is 380 g/mol. The topological polar surface area (TPSA) is 42.4 Å². The number of thiazole rings is 1. The highest BCUT2D eigenvalue weighted by atomic mass is 32.1.